The molecule has 0 radical (unpaired) electrons. The van der Waals surface area contributed by atoms with Gasteiger partial charge in [0.15, 0.2) is 0 Å². The van der Waals surface area contributed by atoms with Crippen molar-refractivity contribution in [1.82, 2.24) is 10.6 Å². The highest BCUT2D eigenvalue weighted by Gasteiger charge is 2.30. The fourth-order valence-electron chi connectivity index (χ4n) is 2.79. The van der Waals surface area contributed by atoms with Gasteiger partial charge in [-0.05, 0) is 35.4 Å². The van der Waals surface area contributed by atoms with Crippen LogP contribution in [0.1, 0.15) is 23.6 Å². The molecule has 3 rings (SSSR count). The Hall–Kier alpha value is -2.18. The highest BCUT2D eigenvalue weighted by atomic mass is 35.5. The largest absolute Gasteiger partial charge is 0.355 e. The lowest BCUT2D eigenvalue weighted by molar-refractivity contribution is -0.126. The predicted octanol–water partition coefficient (Wildman–Crippen LogP) is 3.61. The van der Waals surface area contributed by atoms with Crippen LogP contribution in [0.2, 0.25) is 10.0 Å². The maximum Gasteiger partial charge on any atom is 0.226 e. The number of carbonyl (C=O) groups is 2. The van der Waals surface area contributed by atoms with Crippen molar-refractivity contribution >= 4 is 35.0 Å². The molecule has 1 atom stereocenters. The first kappa shape index (κ1) is 18.6. The second-order valence-electron chi connectivity index (χ2n) is 5.99. The topological polar surface area (TPSA) is 58.2 Å². The van der Waals surface area contributed by atoms with Crippen molar-refractivity contribution in [3.63, 3.8) is 0 Å². The zero-order valence-electron chi connectivity index (χ0n) is 13.4. The Morgan fingerprint density at radius 3 is 2.04 bits per heavy atom. The minimum Gasteiger partial charge on any atom is -0.355 e. The Balaban J connectivity index is 1.95. The molecule has 2 N–H and O–H groups in total. The highest BCUT2D eigenvalue weighted by Crippen LogP contribution is 2.29. The van der Waals surface area contributed by atoms with Crippen molar-refractivity contribution in [2.75, 3.05) is 6.54 Å². The van der Waals surface area contributed by atoms with E-state index in [2.05, 4.69) is 10.6 Å². The monoisotopic (exact) mass is 398 g/mol. The third kappa shape index (κ3) is 3.97. The minimum atomic E-state index is -0.727. The summed E-state index contributed by atoms with van der Waals surface area (Å²) < 4.78 is 27.0. The summed E-state index contributed by atoms with van der Waals surface area (Å²) >= 11 is 11.7. The van der Waals surface area contributed by atoms with Crippen molar-refractivity contribution in [3.05, 3.63) is 69.2 Å². The Morgan fingerprint density at radius 1 is 1.08 bits per heavy atom. The van der Waals surface area contributed by atoms with Crippen LogP contribution in [0, 0.1) is 17.6 Å². The van der Waals surface area contributed by atoms with Crippen LogP contribution in [0.4, 0.5) is 8.78 Å². The molecule has 0 aliphatic carbocycles. The Labute approximate surface area is 158 Å². The highest BCUT2D eigenvalue weighted by molar-refractivity contribution is 6.31. The van der Waals surface area contributed by atoms with Gasteiger partial charge in [-0.15, -0.1) is 0 Å². The smallest absolute Gasteiger partial charge is 0.226 e. The van der Waals surface area contributed by atoms with E-state index in [1.165, 1.54) is 36.4 Å². The zero-order chi connectivity index (χ0) is 18.8. The van der Waals surface area contributed by atoms with Crippen molar-refractivity contribution < 1.29 is 18.4 Å². The number of rotatable bonds is 4. The quantitative estimate of drug-likeness (QED) is 0.826. The summed E-state index contributed by atoms with van der Waals surface area (Å²) in [6.07, 6.45) is 0.0902. The summed E-state index contributed by atoms with van der Waals surface area (Å²) in [6, 6.07) is 7.36. The maximum atomic E-state index is 13.5. The summed E-state index contributed by atoms with van der Waals surface area (Å²) in [5.41, 5.74) is 1.01. The van der Waals surface area contributed by atoms with Gasteiger partial charge in [-0.1, -0.05) is 35.3 Å². The molecule has 0 aromatic heterocycles. The molecule has 136 valence electrons. The van der Waals surface area contributed by atoms with E-state index in [1.54, 1.807) is 0 Å². The van der Waals surface area contributed by atoms with Gasteiger partial charge in [0.25, 0.3) is 0 Å². The first-order valence-corrected chi connectivity index (χ1v) is 8.57. The van der Waals surface area contributed by atoms with E-state index in [4.69, 9.17) is 23.2 Å². The maximum absolute atomic E-state index is 13.5. The molecule has 1 heterocycles. The number of carbonyl (C=O) groups excluding carboxylic acids is 2. The lowest BCUT2D eigenvalue weighted by Gasteiger charge is -2.22. The molecule has 4 nitrogen and oxygen atoms in total. The summed E-state index contributed by atoms with van der Waals surface area (Å²) in [4.78, 5) is 23.9. The van der Waals surface area contributed by atoms with Crippen molar-refractivity contribution in [2.45, 2.75) is 12.5 Å². The molecule has 2 amide bonds. The molecule has 2 aromatic carbocycles. The van der Waals surface area contributed by atoms with Crippen LogP contribution < -0.4 is 10.6 Å². The van der Waals surface area contributed by atoms with Gasteiger partial charge in [0, 0.05) is 13.0 Å². The Morgan fingerprint density at radius 2 is 1.62 bits per heavy atom. The second kappa shape index (κ2) is 7.60. The molecule has 1 fully saturated rings. The van der Waals surface area contributed by atoms with E-state index in [9.17, 15) is 18.4 Å². The lowest BCUT2D eigenvalue weighted by atomic mass is 9.97. The van der Waals surface area contributed by atoms with Gasteiger partial charge in [-0.3, -0.25) is 9.59 Å². The van der Waals surface area contributed by atoms with Crippen molar-refractivity contribution in [2.24, 2.45) is 5.92 Å². The third-order valence-corrected chi connectivity index (χ3v) is 4.77. The molecule has 0 saturated carbocycles. The average Bonchev–Trinajstić information content (AvgIpc) is 3.04. The van der Waals surface area contributed by atoms with E-state index in [1.807, 2.05) is 0 Å². The van der Waals surface area contributed by atoms with E-state index in [-0.39, 0.29) is 34.8 Å². The van der Waals surface area contributed by atoms with E-state index < -0.39 is 23.6 Å². The fourth-order valence-corrected chi connectivity index (χ4v) is 3.17. The molecule has 1 aliphatic heterocycles. The molecule has 0 spiro atoms. The van der Waals surface area contributed by atoms with Crippen LogP contribution in [0.15, 0.2) is 36.4 Å². The molecule has 2 aromatic rings. The SMILES string of the molecule is O=C1CC(C(=O)NC(c2ccc(F)c(Cl)c2)c2ccc(F)c(Cl)c2)CN1. The van der Waals surface area contributed by atoms with Gasteiger partial charge in [0.1, 0.15) is 11.6 Å². The molecule has 1 unspecified atom stereocenters. The molecule has 1 saturated heterocycles. The molecular weight excluding hydrogens is 385 g/mol. The van der Waals surface area contributed by atoms with E-state index in [0.29, 0.717) is 11.1 Å². The molecular formula is C18H14Cl2F2N2O2. The first-order valence-electron chi connectivity index (χ1n) is 7.82. The van der Waals surface area contributed by atoms with E-state index >= 15 is 0 Å². The predicted molar refractivity (Wildman–Crippen MR) is 93.9 cm³/mol. The van der Waals surface area contributed by atoms with Gasteiger partial charge < -0.3 is 10.6 Å². The van der Waals surface area contributed by atoms with Crippen LogP contribution in [0.5, 0.6) is 0 Å². The standard InChI is InChI=1S/C18H14Cl2F2N2O2/c19-12-5-9(1-3-14(12)21)17(10-2-4-15(22)13(20)6-10)24-18(26)11-7-16(25)23-8-11/h1-6,11,17H,7-8H2,(H,23,25)(H,24,26). The Kier molecular flexibility index (Phi) is 5.44. The number of halogens is 4. The summed E-state index contributed by atoms with van der Waals surface area (Å²) in [6.45, 7) is 0.242. The number of amides is 2. The summed E-state index contributed by atoms with van der Waals surface area (Å²) in [7, 11) is 0. The van der Waals surface area contributed by atoms with Gasteiger partial charge in [0.2, 0.25) is 11.8 Å². The summed E-state index contributed by atoms with van der Waals surface area (Å²) in [5.74, 6) is -2.26. The van der Waals surface area contributed by atoms with Crippen LogP contribution >= 0.6 is 23.2 Å². The number of benzene rings is 2. The summed E-state index contributed by atoms with van der Waals surface area (Å²) in [5, 5.41) is 5.20. The molecule has 0 bridgehead atoms. The fraction of sp³-hybridized carbons (Fsp3) is 0.222. The van der Waals surface area contributed by atoms with Crippen molar-refractivity contribution in [3.8, 4) is 0 Å². The number of hydrogen-bond acceptors (Lipinski definition) is 2. The number of hydrogen-bond donors (Lipinski definition) is 2. The lowest BCUT2D eigenvalue weighted by Crippen LogP contribution is -2.35. The van der Waals surface area contributed by atoms with Gasteiger partial charge >= 0.3 is 0 Å². The van der Waals surface area contributed by atoms with E-state index in [0.717, 1.165) is 0 Å². The van der Waals surface area contributed by atoms with Gasteiger partial charge in [-0.25, -0.2) is 8.78 Å². The van der Waals surface area contributed by atoms with Crippen LogP contribution in [-0.2, 0) is 9.59 Å². The first-order chi connectivity index (χ1) is 12.3. The second-order valence-corrected chi connectivity index (χ2v) is 6.81. The van der Waals surface area contributed by atoms with Crippen LogP contribution in [0.3, 0.4) is 0 Å². The molecule has 1 aliphatic rings. The minimum absolute atomic E-state index is 0.0902. The van der Waals surface area contributed by atoms with Gasteiger partial charge in [-0.2, -0.15) is 0 Å². The molecule has 8 heteroatoms. The van der Waals surface area contributed by atoms with Gasteiger partial charge in [0.05, 0.1) is 22.0 Å². The zero-order valence-corrected chi connectivity index (χ0v) is 14.9. The van der Waals surface area contributed by atoms with Crippen LogP contribution in [-0.4, -0.2) is 18.4 Å². The third-order valence-electron chi connectivity index (χ3n) is 4.19. The van der Waals surface area contributed by atoms with Crippen molar-refractivity contribution in [1.29, 1.82) is 0 Å². The average molecular weight is 399 g/mol. The number of nitrogens with one attached hydrogen (secondary N) is 2. The normalized spacial score (nSPS) is 16.7. The van der Waals surface area contributed by atoms with Crippen LogP contribution in [0.25, 0.3) is 0 Å². The molecule has 26 heavy (non-hydrogen) atoms. The Bertz CT molecular complexity index is 825.